The van der Waals surface area contributed by atoms with E-state index < -0.39 is 56.2 Å². The van der Waals surface area contributed by atoms with Crippen molar-refractivity contribution in [2.45, 2.75) is 43.7 Å². The van der Waals surface area contributed by atoms with Gasteiger partial charge >= 0.3 is 19.4 Å². The lowest BCUT2D eigenvalue weighted by Gasteiger charge is -2.29. The summed E-state index contributed by atoms with van der Waals surface area (Å²) in [6.45, 7) is 0.352. The molecule has 1 aliphatic rings. The number of esters is 1. The Morgan fingerprint density at radius 1 is 1.17 bits per heavy atom. The first-order valence-electron chi connectivity index (χ1n) is 13.9. The molecular weight excluding hydrogens is 621 g/mol. The van der Waals surface area contributed by atoms with Crippen LogP contribution >= 0.6 is 7.75 Å². The number of nitrogen functional groups attached to an aromatic ring is 1. The number of fused-ring (bicyclic) bond motifs is 1. The molecule has 16 nitrogen and oxygen atoms in total. The number of rotatable bonds is 12. The van der Waals surface area contributed by atoms with E-state index in [0.717, 1.165) is 27.1 Å². The molecule has 0 radical (unpaired) electrons. The maximum absolute atomic E-state index is 14.3. The maximum Gasteiger partial charge on any atom is 0.459 e. The predicted octanol–water partition coefficient (Wildman–Crippen LogP) is 3.16. The quantitative estimate of drug-likeness (QED) is 0.0569. The highest BCUT2D eigenvalue weighted by molar-refractivity contribution is 7.52. The number of hydrogen-bond donors (Lipinski definition) is 4. The van der Waals surface area contributed by atoms with E-state index in [1.165, 1.54) is 19.1 Å². The minimum absolute atomic E-state index is 0.0545. The van der Waals surface area contributed by atoms with E-state index in [0.29, 0.717) is 0 Å². The Morgan fingerprint density at radius 3 is 2.61 bits per heavy atom. The Bertz CT molecular complexity index is 1870. The Kier molecular flexibility index (Phi) is 9.70. The van der Waals surface area contributed by atoms with Gasteiger partial charge < -0.3 is 29.9 Å². The Labute approximate surface area is 261 Å². The van der Waals surface area contributed by atoms with Crippen LogP contribution in [0.5, 0.6) is 5.75 Å². The number of benzene rings is 3. The molecule has 0 bridgehead atoms. The summed E-state index contributed by atoms with van der Waals surface area (Å²) in [7, 11) is -4.60. The summed E-state index contributed by atoms with van der Waals surface area (Å²) < 4.78 is 37.6. The van der Waals surface area contributed by atoms with E-state index in [1.807, 2.05) is 18.2 Å². The first-order chi connectivity index (χ1) is 22.0. The van der Waals surface area contributed by atoms with Gasteiger partial charge in [0, 0.05) is 11.1 Å². The summed E-state index contributed by atoms with van der Waals surface area (Å²) >= 11 is 0. The molecule has 5 rings (SSSR count). The van der Waals surface area contributed by atoms with Gasteiger partial charge in [-0.25, -0.2) is 9.36 Å². The third-order valence-electron chi connectivity index (χ3n) is 7.06. The topological polar surface area (TPSA) is 233 Å². The smallest absolute Gasteiger partial charge is 0.459 e. The monoisotopic (exact) mass is 651 g/mol. The number of anilines is 1. The molecule has 0 saturated carbocycles. The second-order valence-corrected chi connectivity index (χ2v) is 12.0. The van der Waals surface area contributed by atoms with Crippen molar-refractivity contribution in [2.24, 2.45) is 5.11 Å². The number of ether oxygens (including phenoxy) is 2. The third-order valence-corrected chi connectivity index (χ3v) is 8.68. The molecular formula is C29H30N7O9P. The van der Waals surface area contributed by atoms with Crippen LogP contribution in [-0.2, 0) is 30.0 Å². The molecule has 1 aromatic heterocycles. The molecule has 240 valence electrons. The van der Waals surface area contributed by atoms with Crippen LogP contribution in [0.25, 0.3) is 21.2 Å². The van der Waals surface area contributed by atoms with E-state index in [2.05, 4.69) is 20.1 Å². The van der Waals surface area contributed by atoms with Crippen LogP contribution in [0.1, 0.15) is 18.7 Å². The van der Waals surface area contributed by atoms with Crippen molar-refractivity contribution in [3.63, 3.8) is 0 Å². The number of aliphatic hydroxyl groups excluding tert-OH is 2. The van der Waals surface area contributed by atoms with Crippen molar-refractivity contribution in [1.82, 2.24) is 14.6 Å². The summed E-state index contributed by atoms with van der Waals surface area (Å²) in [5, 5.41) is 29.4. The van der Waals surface area contributed by atoms with E-state index in [-0.39, 0.29) is 18.2 Å². The van der Waals surface area contributed by atoms with Crippen LogP contribution in [0.3, 0.4) is 0 Å². The molecule has 0 spiro atoms. The fourth-order valence-corrected chi connectivity index (χ4v) is 6.20. The summed E-state index contributed by atoms with van der Waals surface area (Å²) in [4.78, 5) is 31.6. The zero-order chi connectivity index (χ0) is 32.9. The van der Waals surface area contributed by atoms with Crippen molar-refractivity contribution >= 4 is 30.3 Å². The number of aromatic nitrogens is 2. The molecule has 2 heterocycles. The summed E-state index contributed by atoms with van der Waals surface area (Å²) in [6.07, 6.45) is -4.26. The maximum atomic E-state index is 14.3. The van der Waals surface area contributed by atoms with Crippen LogP contribution in [0.15, 0.2) is 95.0 Å². The van der Waals surface area contributed by atoms with Crippen molar-refractivity contribution in [3.8, 4) is 5.75 Å². The van der Waals surface area contributed by atoms with Gasteiger partial charge in [-0.15, -0.1) is 0 Å². The standard InChI is InChI=1S/C29H30N7O9P/c1-18(27(39)42-16-19-7-3-2-4-8-19)33-46(41,45-22-12-11-20-9-5-6-10-21(20)15-22)43-17-29(34-35-31)25(38)24(37)26(44-29)36-14-13-23(30)32-28(36)40/h2-15,18,24-26,37-38H,16-17H2,1H3,(H,33,41)(H2,30,32,40)/t18-,24+,25-,26+,29+,46?/m0/s1. The second-order valence-electron chi connectivity index (χ2n) is 10.3. The fourth-order valence-electron chi connectivity index (χ4n) is 4.69. The van der Waals surface area contributed by atoms with Gasteiger partial charge in [-0.2, -0.15) is 10.1 Å². The van der Waals surface area contributed by atoms with Crippen molar-refractivity contribution in [2.75, 3.05) is 12.3 Å². The Balaban J connectivity index is 1.41. The lowest BCUT2D eigenvalue weighted by Crippen LogP contribution is -2.45. The van der Waals surface area contributed by atoms with Gasteiger partial charge in [-0.3, -0.25) is 13.9 Å². The first-order valence-corrected chi connectivity index (χ1v) is 15.4. The van der Waals surface area contributed by atoms with Gasteiger partial charge in [0.25, 0.3) is 0 Å². The molecule has 1 aliphatic heterocycles. The molecule has 6 atom stereocenters. The number of azide groups is 1. The van der Waals surface area contributed by atoms with Crippen LogP contribution in [-0.4, -0.2) is 56.3 Å². The highest BCUT2D eigenvalue weighted by atomic mass is 31.2. The summed E-state index contributed by atoms with van der Waals surface area (Å²) in [5.74, 6) is -0.807. The lowest BCUT2D eigenvalue weighted by molar-refractivity contribution is -0.146. The SMILES string of the molecule is C[C@H](NP(=O)(OC[C@@]1(N=[N+]=[N-])O[C@@H](n2ccc(N)nc2=O)[C@H](O)[C@@H]1O)Oc1ccc2ccccc2c1)C(=O)OCc1ccccc1. The molecule has 0 aliphatic carbocycles. The van der Waals surface area contributed by atoms with Crippen molar-refractivity contribution < 1.29 is 38.1 Å². The predicted molar refractivity (Wildman–Crippen MR) is 164 cm³/mol. The van der Waals surface area contributed by atoms with Gasteiger partial charge in [-0.1, -0.05) is 65.8 Å². The zero-order valence-electron chi connectivity index (χ0n) is 24.3. The number of carbonyl (C=O) groups excluding carboxylic acids is 1. The molecule has 1 saturated heterocycles. The Hall–Kier alpha value is -4.79. The van der Waals surface area contributed by atoms with E-state index in [4.69, 9.17) is 24.3 Å². The highest BCUT2D eigenvalue weighted by Gasteiger charge is 2.56. The van der Waals surface area contributed by atoms with E-state index in [9.17, 15) is 29.9 Å². The van der Waals surface area contributed by atoms with E-state index >= 15 is 0 Å². The summed E-state index contributed by atoms with van der Waals surface area (Å²) in [6, 6.07) is 21.1. The molecule has 1 fully saturated rings. The third kappa shape index (κ3) is 7.19. The number of carbonyl (C=O) groups is 1. The van der Waals surface area contributed by atoms with E-state index in [1.54, 1.807) is 48.5 Å². The number of nitrogens with zero attached hydrogens (tertiary/aromatic N) is 5. The van der Waals surface area contributed by atoms with Crippen molar-refractivity contribution in [1.29, 1.82) is 0 Å². The normalized spacial score (nSPS) is 22.8. The molecule has 3 aromatic carbocycles. The fraction of sp³-hybridized carbons (Fsp3) is 0.276. The molecule has 4 aromatic rings. The van der Waals surface area contributed by atoms with Gasteiger partial charge in [0.15, 0.2) is 6.23 Å². The molecule has 46 heavy (non-hydrogen) atoms. The van der Waals surface area contributed by atoms with Gasteiger partial charge in [0.05, 0.1) is 6.61 Å². The number of nitrogens with one attached hydrogen (secondary N) is 1. The first kappa shape index (κ1) is 32.6. The van der Waals surface area contributed by atoms with Crippen LogP contribution in [0.2, 0.25) is 0 Å². The Morgan fingerprint density at radius 2 is 1.89 bits per heavy atom. The molecule has 0 amide bonds. The average Bonchev–Trinajstić information content (AvgIpc) is 3.28. The van der Waals surface area contributed by atoms with Gasteiger partial charge in [0.1, 0.15) is 36.4 Å². The molecule has 5 N–H and O–H groups in total. The highest BCUT2D eigenvalue weighted by Crippen LogP contribution is 2.48. The number of aliphatic hydroxyl groups is 2. The molecule has 1 unspecified atom stereocenters. The minimum atomic E-state index is -4.60. The average molecular weight is 652 g/mol. The van der Waals surface area contributed by atoms with Crippen LogP contribution < -0.4 is 21.0 Å². The largest absolute Gasteiger partial charge is 0.460 e. The summed E-state index contributed by atoms with van der Waals surface area (Å²) in [5.41, 5.74) is 12.3. The van der Waals surface area contributed by atoms with Gasteiger partial charge in [0.2, 0.25) is 5.72 Å². The van der Waals surface area contributed by atoms with Crippen LogP contribution in [0.4, 0.5) is 5.82 Å². The number of hydrogen-bond acceptors (Lipinski definition) is 12. The number of nitrogens with two attached hydrogens (primary N) is 1. The van der Waals surface area contributed by atoms with Crippen molar-refractivity contribution in [3.05, 3.63) is 112 Å². The zero-order valence-corrected chi connectivity index (χ0v) is 25.2. The second kappa shape index (κ2) is 13.7. The van der Waals surface area contributed by atoms with Gasteiger partial charge in [-0.05, 0) is 47.0 Å². The lowest BCUT2D eigenvalue weighted by atomic mass is 10.1. The molecule has 17 heteroatoms. The minimum Gasteiger partial charge on any atom is -0.460 e. The van der Waals surface area contributed by atoms with Crippen LogP contribution in [0, 0.1) is 0 Å².